The van der Waals surface area contributed by atoms with Crippen LogP contribution in [-0.2, 0) is 16.1 Å². The zero-order chi connectivity index (χ0) is 19.2. The van der Waals surface area contributed by atoms with Gasteiger partial charge in [-0.15, -0.1) is 0 Å². The quantitative estimate of drug-likeness (QED) is 0.775. The predicted octanol–water partition coefficient (Wildman–Crippen LogP) is 3.20. The van der Waals surface area contributed by atoms with E-state index in [9.17, 15) is 4.79 Å². The summed E-state index contributed by atoms with van der Waals surface area (Å²) in [5, 5.41) is 4.40. The third-order valence-corrected chi connectivity index (χ3v) is 5.94. The molecule has 1 amide bonds. The number of rotatable bonds is 8. The lowest BCUT2D eigenvalue weighted by molar-refractivity contribution is -0.122. The molecule has 1 fully saturated rings. The highest BCUT2D eigenvalue weighted by molar-refractivity contribution is 5.84. The van der Waals surface area contributed by atoms with E-state index >= 15 is 0 Å². The number of amides is 1. The number of nitrogens with one attached hydrogen (secondary N) is 1. The first-order chi connectivity index (χ1) is 13.1. The lowest BCUT2D eigenvalue weighted by atomic mass is 9.92. The Labute approximate surface area is 162 Å². The first-order valence-electron chi connectivity index (χ1n) is 10.3. The molecule has 1 saturated heterocycles. The summed E-state index contributed by atoms with van der Waals surface area (Å²) in [6.07, 6.45) is 2.27. The van der Waals surface area contributed by atoms with Crippen molar-refractivity contribution in [1.82, 2.24) is 14.8 Å². The minimum absolute atomic E-state index is 0.0867. The molecule has 0 saturated carbocycles. The number of carbonyl (C=O) groups is 1. The zero-order valence-electron chi connectivity index (χ0n) is 16.9. The molecule has 1 aromatic carbocycles. The molecule has 2 heterocycles. The van der Waals surface area contributed by atoms with Crippen LogP contribution in [0, 0.1) is 12.8 Å². The highest BCUT2D eigenvalue weighted by Gasteiger charge is 2.27. The molecule has 5 heteroatoms. The zero-order valence-corrected chi connectivity index (χ0v) is 16.9. The molecule has 1 N–H and O–H groups in total. The van der Waals surface area contributed by atoms with E-state index < -0.39 is 0 Å². The van der Waals surface area contributed by atoms with E-state index in [1.54, 1.807) is 0 Å². The maximum atomic E-state index is 12.7. The number of hydrogen-bond acceptors (Lipinski definition) is 3. The Bertz CT molecular complexity index is 745. The van der Waals surface area contributed by atoms with E-state index in [2.05, 4.69) is 53.8 Å². The van der Waals surface area contributed by atoms with E-state index in [1.807, 2.05) is 12.1 Å². The second kappa shape index (κ2) is 9.38. The molecule has 0 radical (unpaired) electrons. The molecule has 148 valence electrons. The lowest BCUT2D eigenvalue weighted by Gasteiger charge is -2.38. The first-order valence-corrected chi connectivity index (χ1v) is 10.3. The van der Waals surface area contributed by atoms with Gasteiger partial charge in [0.1, 0.15) is 6.54 Å². The number of para-hydroxylation sites is 1. The highest BCUT2D eigenvalue weighted by Crippen LogP contribution is 2.21. The summed E-state index contributed by atoms with van der Waals surface area (Å²) >= 11 is 0. The van der Waals surface area contributed by atoms with Crippen LogP contribution < -0.4 is 5.32 Å². The maximum Gasteiger partial charge on any atom is 0.240 e. The van der Waals surface area contributed by atoms with Crippen molar-refractivity contribution < 1.29 is 9.53 Å². The van der Waals surface area contributed by atoms with Gasteiger partial charge in [-0.3, -0.25) is 9.69 Å². The average Bonchev–Trinajstić information content (AvgIpc) is 3.01. The van der Waals surface area contributed by atoms with Crippen molar-refractivity contribution in [3.05, 3.63) is 36.0 Å². The van der Waals surface area contributed by atoms with Crippen LogP contribution in [-0.4, -0.2) is 54.3 Å². The molecule has 2 aromatic rings. The molecule has 27 heavy (non-hydrogen) atoms. The van der Waals surface area contributed by atoms with Crippen molar-refractivity contribution in [2.75, 3.05) is 32.8 Å². The monoisotopic (exact) mass is 371 g/mol. The third kappa shape index (κ3) is 4.71. The molecule has 5 nitrogen and oxygen atoms in total. The van der Waals surface area contributed by atoms with E-state index in [-0.39, 0.29) is 5.91 Å². The molecular formula is C22H33N3O2. The van der Waals surface area contributed by atoms with Crippen LogP contribution in [0.15, 0.2) is 30.3 Å². The summed E-state index contributed by atoms with van der Waals surface area (Å²) in [5.41, 5.74) is 2.24. The molecule has 0 bridgehead atoms. The van der Waals surface area contributed by atoms with Gasteiger partial charge in [-0.2, -0.15) is 0 Å². The Morgan fingerprint density at radius 3 is 2.59 bits per heavy atom. The molecule has 1 aliphatic rings. The Hall–Kier alpha value is -1.85. The highest BCUT2D eigenvalue weighted by atomic mass is 16.5. The van der Waals surface area contributed by atoms with Gasteiger partial charge in [-0.25, -0.2) is 0 Å². The van der Waals surface area contributed by atoms with Crippen LogP contribution in [0.1, 0.15) is 32.4 Å². The van der Waals surface area contributed by atoms with Gasteiger partial charge in [0.2, 0.25) is 5.91 Å². The topological polar surface area (TPSA) is 46.5 Å². The summed E-state index contributed by atoms with van der Waals surface area (Å²) in [6.45, 7) is 11.1. The number of hydrogen-bond donors (Lipinski definition) is 1. The fourth-order valence-electron chi connectivity index (χ4n) is 4.31. The Kier molecular flexibility index (Phi) is 6.91. The first kappa shape index (κ1) is 19.9. The summed E-state index contributed by atoms with van der Waals surface area (Å²) in [5.74, 6) is 0.682. The molecule has 0 spiro atoms. The Morgan fingerprint density at radius 2 is 1.89 bits per heavy atom. The van der Waals surface area contributed by atoms with Gasteiger partial charge in [-0.1, -0.05) is 44.9 Å². The number of morpholine rings is 1. The number of benzene rings is 1. The SMILES string of the molecule is CCC(CC)C(CNC(=O)Cn1c(C)cc2ccccc21)N1CCOCC1. The van der Waals surface area contributed by atoms with Crippen LogP contribution in [0.5, 0.6) is 0 Å². The number of nitrogens with zero attached hydrogens (tertiary/aromatic N) is 2. The summed E-state index contributed by atoms with van der Waals surface area (Å²) < 4.78 is 7.62. The molecule has 0 aliphatic carbocycles. The summed E-state index contributed by atoms with van der Waals surface area (Å²) in [6, 6.07) is 10.8. The smallest absolute Gasteiger partial charge is 0.240 e. The second-order valence-electron chi connectivity index (χ2n) is 7.53. The number of carbonyl (C=O) groups excluding carboxylic acids is 1. The fourth-order valence-corrected chi connectivity index (χ4v) is 4.31. The summed E-state index contributed by atoms with van der Waals surface area (Å²) in [4.78, 5) is 15.2. The number of aromatic nitrogens is 1. The van der Waals surface area contributed by atoms with Gasteiger partial charge >= 0.3 is 0 Å². The van der Waals surface area contributed by atoms with Crippen LogP contribution in [0.25, 0.3) is 10.9 Å². The van der Waals surface area contributed by atoms with Crippen LogP contribution in [0.4, 0.5) is 0 Å². The molecule has 1 unspecified atom stereocenters. The molecule has 1 aromatic heterocycles. The van der Waals surface area contributed by atoms with Crippen LogP contribution in [0.3, 0.4) is 0 Å². The number of ether oxygens (including phenoxy) is 1. The van der Waals surface area contributed by atoms with E-state index in [1.165, 1.54) is 5.39 Å². The normalized spacial score (nSPS) is 16.7. The second-order valence-corrected chi connectivity index (χ2v) is 7.53. The standard InChI is InChI=1S/C22H33N3O2/c1-4-18(5-2)21(24-10-12-27-13-11-24)15-23-22(26)16-25-17(3)14-19-8-6-7-9-20(19)25/h6-9,14,18,21H,4-5,10-13,15-16H2,1-3H3,(H,23,26). The van der Waals surface area contributed by atoms with Gasteiger partial charge in [-0.05, 0) is 30.4 Å². The van der Waals surface area contributed by atoms with Crippen molar-refractivity contribution in [3.63, 3.8) is 0 Å². The molecular weight excluding hydrogens is 338 g/mol. The minimum Gasteiger partial charge on any atom is -0.379 e. The van der Waals surface area contributed by atoms with Crippen molar-refractivity contribution in [2.24, 2.45) is 5.92 Å². The van der Waals surface area contributed by atoms with Gasteiger partial charge in [0, 0.05) is 36.9 Å². The maximum absolute atomic E-state index is 12.7. The van der Waals surface area contributed by atoms with Crippen LogP contribution >= 0.6 is 0 Å². The van der Waals surface area contributed by atoms with Gasteiger partial charge in [0.25, 0.3) is 0 Å². The summed E-state index contributed by atoms with van der Waals surface area (Å²) in [7, 11) is 0. The minimum atomic E-state index is 0.0867. The Balaban J connectivity index is 1.65. The number of fused-ring (bicyclic) bond motifs is 1. The van der Waals surface area contributed by atoms with Gasteiger partial charge in [0.15, 0.2) is 0 Å². The van der Waals surface area contributed by atoms with Gasteiger partial charge in [0.05, 0.1) is 13.2 Å². The average molecular weight is 372 g/mol. The molecule has 1 atom stereocenters. The van der Waals surface area contributed by atoms with Gasteiger partial charge < -0.3 is 14.6 Å². The van der Waals surface area contributed by atoms with E-state index in [4.69, 9.17) is 4.74 Å². The lowest BCUT2D eigenvalue weighted by Crippen LogP contribution is -2.52. The molecule has 1 aliphatic heterocycles. The molecule has 3 rings (SSSR count). The largest absolute Gasteiger partial charge is 0.379 e. The van der Waals surface area contributed by atoms with Crippen molar-refractivity contribution in [1.29, 1.82) is 0 Å². The predicted molar refractivity (Wildman–Crippen MR) is 110 cm³/mol. The third-order valence-electron chi connectivity index (χ3n) is 5.94. The van der Waals surface area contributed by atoms with E-state index in [0.29, 0.717) is 25.0 Å². The fraction of sp³-hybridized carbons (Fsp3) is 0.591. The van der Waals surface area contributed by atoms with Crippen molar-refractivity contribution >= 4 is 16.8 Å². The van der Waals surface area contributed by atoms with Crippen molar-refractivity contribution in [3.8, 4) is 0 Å². The van der Waals surface area contributed by atoms with Crippen molar-refractivity contribution in [2.45, 2.75) is 46.2 Å². The number of aryl methyl sites for hydroxylation is 1. The van der Waals surface area contributed by atoms with Crippen LogP contribution in [0.2, 0.25) is 0 Å². The van der Waals surface area contributed by atoms with E-state index in [0.717, 1.165) is 50.4 Å². The Morgan fingerprint density at radius 1 is 1.19 bits per heavy atom.